The van der Waals surface area contributed by atoms with Gasteiger partial charge in [0.05, 0.1) is 6.61 Å². The van der Waals surface area contributed by atoms with Crippen molar-refractivity contribution in [1.82, 2.24) is 15.0 Å². The molecular weight excluding hydrogens is 262 g/mol. The third-order valence-electron chi connectivity index (χ3n) is 2.64. The van der Waals surface area contributed by atoms with Gasteiger partial charge in [0.2, 0.25) is 0 Å². The van der Waals surface area contributed by atoms with E-state index in [0.717, 1.165) is 16.3 Å². The minimum absolute atomic E-state index is 0.213. The monoisotopic (exact) mass is 279 g/mol. The molecule has 0 aromatic carbocycles. The van der Waals surface area contributed by atoms with Crippen LogP contribution in [0.15, 0.2) is 12.4 Å². The van der Waals surface area contributed by atoms with Crippen LogP contribution in [0, 0.1) is 5.92 Å². The van der Waals surface area contributed by atoms with Crippen LogP contribution in [-0.2, 0) is 9.53 Å². The predicted molar refractivity (Wildman–Crippen MR) is 74.0 cm³/mol. The van der Waals surface area contributed by atoms with Crippen molar-refractivity contribution in [2.75, 3.05) is 6.61 Å². The Labute approximate surface area is 116 Å². The zero-order valence-corrected chi connectivity index (χ0v) is 12.1. The first-order chi connectivity index (χ1) is 9.11. The Morgan fingerprint density at radius 3 is 2.74 bits per heavy atom. The number of hydrogen-bond donors (Lipinski definition) is 0. The van der Waals surface area contributed by atoms with Gasteiger partial charge in [-0.25, -0.2) is 15.0 Å². The van der Waals surface area contributed by atoms with E-state index in [4.69, 9.17) is 4.74 Å². The van der Waals surface area contributed by atoms with E-state index in [1.165, 1.54) is 11.3 Å². The van der Waals surface area contributed by atoms with Crippen molar-refractivity contribution < 1.29 is 9.53 Å². The van der Waals surface area contributed by atoms with E-state index in [-0.39, 0.29) is 11.9 Å². The summed E-state index contributed by atoms with van der Waals surface area (Å²) >= 11 is 1.42. The van der Waals surface area contributed by atoms with E-state index < -0.39 is 0 Å². The maximum atomic E-state index is 12.1. The van der Waals surface area contributed by atoms with Crippen molar-refractivity contribution in [3.8, 4) is 0 Å². The number of hydrogen-bond acceptors (Lipinski definition) is 6. The average molecular weight is 279 g/mol. The molecule has 1 atom stereocenters. The number of aromatic nitrogens is 3. The Kier molecular flexibility index (Phi) is 4.42. The van der Waals surface area contributed by atoms with Gasteiger partial charge in [-0.3, -0.25) is 4.79 Å². The highest BCUT2D eigenvalue weighted by molar-refractivity contribution is 7.18. The molecule has 0 aliphatic rings. The molecule has 0 aliphatic heterocycles. The smallest absolute Gasteiger partial charge is 0.315 e. The van der Waals surface area contributed by atoms with Crippen molar-refractivity contribution >= 4 is 27.8 Å². The second kappa shape index (κ2) is 6.06. The standard InChI is InChI=1S/C13H17N3O2S/c1-4-18-13(17)9(7-8(2)3)11-16-10-12(19-11)15-6-5-14-10/h5-6,8-9H,4,7H2,1-3H3. The van der Waals surface area contributed by atoms with E-state index in [1.807, 2.05) is 6.92 Å². The topological polar surface area (TPSA) is 65.0 Å². The molecule has 0 N–H and O–H groups in total. The summed E-state index contributed by atoms with van der Waals surface area (Å²) in [5, 5.41) is 0.744. The van der Waals surface area contributed by atoms with E-state index in [2.05, 4.69) is 28.8 Å². The van der Waals surface area contributed by atoms with Crippen molar-refractivity contribution in [2.24, 2.45) is 5.92 Å². The van der Waals surface area contributed by atoms with Gasteiger partial charge >= 0.3 is 5.97 Å². The molecule has 102 valence electrons. The van der Waals surface area contributed by atoms with E-state index in [9.17, 15) is 4.79 Å². The van der Waals surface area contributed by atoms with Gasteiger partial charge in [-0.05, 0) is 19.3 Å². The summed E-state index contributed by atoms with van der Waals surface area (Å²) in [7, 11) is 0. The van der Waals surface area contributed by atoms with Gasteiger partial charge in [0.1, 0.15) is 10.9 Å². The van der Waals surface area contributed by atoms with Gasteiger partial charge < -0.3 is 4.74 Å². The van der Waals surface area contributed by atoms with Crippen LogP contribution in [0.1, 0.15) is 38.1 Å². The van der Waals surface area contributed by atoms with Gasteiger partial charge in [-0.15, -0.1) is 0 Å². The highest BCUT2D eigenvalue weighted by Gasteiger charge is 2.27. The van der Waals surface area contributed by atoms with E-state index in [1.54, 1.807) is 12.4 Å². The second-order valence-corrected chi connectivity index (χ2v) is 5.68. The fourth-order valence-electron chi connectivity index (χ4n) is 1.85. The Bertz CT molecular complexity index is 535. The first kappa shape index (κ1) is 13.9. The number of ether oxygens (including phenoxy) is 1. The SMILES string of the molecule is CCOC(=O)C(CC(C)C)c1nc2nccnc2s1. The quantitative estimate of drug-likeness (QED) is 0.787. The Balaban J connectivity index is 2.33. The van der Waals surface area contributed by atoms with Gasteiger partial charge in [0, 0.05) is 12.4 Å². The van der Waals surface area contributed by atoms with Crippen LogP contribution < -0.4 is 0 Å². The van der Waals surface area contributed by atoms with Crippen LogP contribution in [0.3, 0.4) is 0 Å². The molecule has 2 aromatic heterocycles. The second-order valence-electron chi connectivity index (χ2n) is 4.67. The molecule has 0 saturated carbocycles. The molecule has 1 unspecified atom stereocenters. The van der Waals surface area contributed by atoms with E-state index >= 15 is 0 Å². The third kappa shape index (κ3) is 3.26. The van der Waals surface area contributed by atoms with Crippen LogP contribution in [0.25, 0.3) is 10.5 Å². The van der Waals surface area contributed by atoms with Gasteiger partial charge in [-0.1, -0.05) is 25.2 Å². The molecule has 0 aliphatic carbocycles. The lowest BCUT2D eigenvalue weighted by atomic mass is 9.98. The number of rotatable bonds is 5. The largest absolute Gasteiger partial charge is 0.465 e. The molecule has 0 radical (unpaired) electrons. The van der Waals surface area contributed by atoms with Crippen molar-refractivity contribution in [3.05, 3.63) is 17.4 Å². The fraction of sp³-hybridized carbons (Fsp3) is 0.538. The maximum Gasteiger partial charge on any atom is 0.315 e. The number of carbonyl (C=O) groups excluding carboxylic acids is 1. The normalized spacial score (nSPS) is 12.8. The predicted octanol–water partition coefficient (Wildman–Crippen LogP) is 2.78. The summed E-state index contributed by atoms with van der Waals surface area (Å²) in [4.78, 5) is 25.6. The number of thiazole rings is 1. The zero-order valence-electron chi connectivity index (χ0n) is 11.3. The first-order valence-electron chi connectivity index (χ1n) is 6.35. The molecule has 6 heteroatoms. The number of nitrogens with zero attached hydrogens (tertiary/aromatic N) is 3. The van der Waals surface area contributed by atoms with Crippen molar-refractivity contribution in [3.63, 3.8) is 0 Å². The minimum atomic E-state index is -0.319. The summed E-state index contributed by atoms with van der Waals surface area (Å²) in [6.07, 6.45) is 3.96. The highest BCUT2D eigenvalue weighted by Crippen LogP contribution is 2.30. The molecule has 0 spiro atoms. The van der Waals surface area contributed by atoms with Crippen molar-refractivity contribution in [1.29, 1.82) is 0 Å². The number of esters is 1. The molecular formula is C13H17N3O2S. The van der Waals surface area contributed by atoms with Gasteiger partial charge in [0.15, 0.2) is 10.5 Å². The minimum Gasteiger partial charge on any atom is -0.465 e. The molecule has 19 heavy (non-hydrogen) atoms. The molecule has 2 heterocycles. The van der Waals surface area contributed by atoms with Gasteiger partial charge in [-0.2, -0.15) is 0 Å². The molecule has 2 rings (SSSR count). The van der Waals surface area contributed by atoms with Crippen molar-refractivity contribution in [2.45, 2.75) is 33.1 Å². The third-order valence-corrected chi connectivity index (χ3v) is 3.71. The summed E-state index contributed by atoms with van der Waals surface area (Å²) in [5.74, 6) is -0.140. The zero-order chi connectivity index (χ0) is 13.8. The molecule has 0 amide bonds. The number of carbonyl (C=O) groups is 1. The van der Waals surface area contributed by atoms with Crippen LogP contribution in [-0.4, -0.2) is 27.5 Å². The maximum absolute atomic E-state index is 12.1. The van der Waals surface area contributed by atoms with E-state index in [0.29, 0.717) is 18.2 Å². The molecule has 0 fully saturated rings. The summed E-state index contributed by atoms with van der Waals surface area (Å²) < 4.78 is 5.14. The van der Waals surface area contributed by atoms with Crippen LogP contribution in [0.2, 0.25) is 0 Å². The van der Waals surface area contributed by atoms with Gasteiger partial charge in [0.25, 0.3) is 0 Å². The van der Waals surface area contributed by atoms with Crippen LogP contribution >= 0.6 is 11.3 Å². The lowest BCUT2D eigenvalue weighted by Crippen LogP contribution is -2.17. The molecule has 0 saturated heterocycles. The Morgan fingerprint density at radius 2 is 2.11 bits per heavy atom. The first-order valence-corrected chi connectivity index (χ1v) is 7.17. The molecule has 2 aromatic rings. The molecule has 5 nitrogen and oxygen atoms in total. The average Bonchev–Trinajstić information content (AvgIpc) is 2.79. The fourth-order valence-corrected chi connectivity index (χ4v) is 2.82. The molecule has 0 bridgehead atoms. The number of fused-ring (bicyclic) bond motifs is 1. The summed E-state index contributed by atoms with van der Waals surface area (Å²) in [5.41, 5.74) is 0.598. The highest BCUT2D eigenvalue weighted by atomic mass is 32.1. The van der Waals surface area contributed by atoms with Crippen LogP contribution in [0.5, 0.6) is 0 Å². The van der Waals surface area contributed by atoms with Crippen LogP contribution in [0.4, 0.5) is 0 Å². The Morgan fingerprint density at radius 1 is 1.37 bits per heavy atom. The Hall–Kier alpha value is -1.56. The lowest BCUT2D eigenvalue weighted by Gasteiger charge is -2.14. The summed E-state index contributed by atoms with van der Waals surface area (Å²) in [6.45, 7) is 6.35. The lowest BCUT2D eigenvalue weighted by molar-refractivity contribution is -0.145. The summed E-state index contributed by atoms with van der Waals surface area (Å²) in [6, 6.07) is 0.